The molecular formula is C15H22N2O4. The van der Waals surface area contributed by atoms with Crippen molar-refractivity contribution < 1.29 is 19.4 Å². The van der Waals surface area contributed by atoms with Gasteiger partial charge in [-0.1, -0.05) is 12.1 Å². The molecule has 0 aliphatic rings. The Hall–Kier alpha value is -2.08. The van der Waals surface area contributed by atoms with Crippen molar-refractivity contribution in [2.75, 3.05) is 19.0 Å². The lowest BCUT2D eigenvalue weighted by molar-refractivity contribution is -0.142. The van der Waals surface area contributed by atoms with Crippen LogP contribution < -0.4 is 10.6 Å². The minimum Gasteiger partial charge on any atom is -0.481 e. The van der Waals surface area contributed by atoms with Gasteiger partial charge < -0.3 is 20.5 Å². The molecule has 0 aromatic heterocycles. The fourth-order valence-electron chi connectivity index (χ4n) is 1.59. The van der Waals surface area contributed by atoms with E-state index < -0.39 is 11.4 Å². The number of rotatable bonds is 6. The molecule has 1 rings (SSSR count). The molecule has 0 fully saturated rings. The summed E-state index contributed by atoms with van der Waals surface area (Å²) in [4.78, 5) is 22.8. The molecule has 0 bridgehead atoms. The second-order valence-corrected chi connectivity index (χ2v) is 5.39. The van der Waals surface area contributed by atoms with Gasteiger partial charge in [0, 0.05) is 19.3 Å². The summed E-state index contributed by atoms with van der Waals surface area (Å²) in [5.74, 6) is -0.894. The number of benzene rings is 1. The SMILES string of the molecule is COC(C)CNC(=O)Nc1ccc(C(C)(C)C(=O)O)cc1. The Balaban J connectivity index is 2.63. The Kier molecular flexibility index (Phi) is 5.72. The third kappa shape index (κ3) is 4.75. The second kappa shape index (κ2) is 7.08. The maximum Gasteiger partial charge on any atom is 0.319 e. The number of urea groups is 1. The highest BCUT2D eigenvalue weighted by atomic mass is 16.5. The van der Waals surface area contributed by atoms with Gasteiger partial charge in [-0.3, -0.25) is 4.79 Å². The number of hydrogen-bond acceptors (Lipinski definition) is 3. The molecular weight excluding hydrogens is 272 g/mol. The van der Waals surface area contributed by atoms with E-state index in [2.05, 4.69) is 10.6 Å². The largest absolute Gasteiger partial charge is 0.481 e. The van der Waals surface area contributed by atoms with Gasteiger partial charge in [0.15, 0.2) is 0 Å². The van der Waals surface area contributed by atoms with E-state index in [0.29, 0.717) is 17.8 Å². The predicted octanol–water partition coefficient (Wildman–Crippen LogP) is 2.21. The van der Waals surface area contributed by atoms with Crippen LogP contribution >= 0.6 is 0 Å². The van der Waals surface area contributed by atoms with E-state index in [9.17, 15) is 9.59 Å². The zero-order valence-electron chi connectivity index (χ0n) is 12.8. The molecule has 2 amide bonds. The summed E-state index contributed by atoms with van der Waals surface area (Å²) in [6, 6.07) is 6.42. The summed E-state index contributed by atoms with van der Waals surface area (Å²) in [6.45, 7) is 5.53. The highest BCUT2D eigenvalue weighted by molar-refractivity contribution is 5.89. The van der Waals surface area contributed by atoms with Gasteiger partial charge in [0.05, 0.1) is 11.5 Å². The van der Waals surface area contributed by atoms with Gasteiger partial charge in [-0.15, -0.1) is 0 Å². The van der Waals surface area contributed by atoms with Crippen molar-refractivity contribution in [3.05, 3.63) is 29.8 Å². The Morgan fingerprint density at radius 3 is 2.33 bits per heavy atom. The normalized spacial score (nSPS) is 12.6. The molecule has 1 atom stereocenters. The number of nitrogens with one attached hydrogen (secondary N) is 2. The lowest BCUT2D eigenvalue weighted by atomic mass is 9.85. The Labute approximate surface area is 124 Å². The number of methoxy groups -OCH3 is 1. The van der Waals surface area contributed by atoms with Crippen LogP contribution in [0.25, 0.3) is 0 Å². The molecule has 0 radical (unpaired) electrons. The summed E-state index contributed by atoms with van der Waals surface area (Å²) >= 11 is 0. The number of ether oxygens (including phenoxy) is 1. The van der Waals surface area contributed by atoms with Crippen LogP contribution in [0, 0.1) is 0 Å². The van der Waals surface area contributed by atoms with Gasteiger partial charge in [-0.25, -0.2) is 4.79 Å². The summed E-state index contributed by atoms with van der Waals surface area (Å²) < 4.78 is 5.03. The standard InChI is InChI=1S/C15H22N2O4/c1-10(21-4)9-16-14(20)17-12-7-5-11(6-8-12)15(2,3)13(18)19/h5-8,10H,9H2,1-4H3,(H,18,19)(H2,16,17,20). The first-order valence-corrected chi connectivity index (χ1v) is 6.69. The fraction of sp³-hybridized carbons (Fsp3) is 0.467. The van der Waals surface area contributed by atoms with Crippen LogP contribution in [0.3, 0.4) is 0 Å². The zero-order chi connectivity index (χ0) is 16.0. The fourth-order valence-corrected chi connectivity index (χ4v) is 1.59. The van der Waals surface area contributed by atoms with Gasteiger partial charge in [0.2, 0.25) is 0 Å². The molecule has 0 aliphatic heterocycles. The van der Waals surface area contributed by atoms with Crippen molar-refractivity contribution in [1.29, 1.82) is 0 Å². The summed E-state index contributed by atoms with van der Waals surface area (Å²) in [7, 11) is 1.58. The van der Waals surface area contributed by atoms with Gasteiger partial charge in [0.1, 0.15) is 0 Å². The number of hydrogen-bond donors (Lipinski definition) is 3. The van der Waals surface area contributed by atoms with Crippen molar-refractivity contribution in [3.63, 3.8) is 0 Å². The summed E-state index contributed by atoms with van der Waals surface area (Å²) in [5.41, 5.74) is 0.311. The molecule has 0 spiro atoms. The van der Waals surface area contributed by atoms with E-state index in [0.717, 1.165) is 0 Å². The Morgan fingerprint density at radius 2 is 1.86 bits per heavy atom. The average molecular weight is 294 g/mol. The van der Waals surface area contributed by atoms with Gasteiger partial charge in [0.25, 0.3) is 0 Å². The number of carboxylic acids is 1. The third-order valence-corrected chi connectivity index (χ3v) is 3.35. The van der Waals surface area contributed by atoms with Crippen LogP contribution in [0.5, 0.6) is 0 Å². The molecule has 116 valence electrons. The molecule has 6 heteroatoms. The molecule has 0 saturated heterocycles. The number of carbonyl (C=O) groups excluding carboxylic acids is 1. The van der Waals surface area contributed by atoms with Crippen LogP contribution in [0.2, 0.25) is 0 Å². The van der Waals surface area contributed by atoms with Crippen LogP contribution in [0.1, 0.15) is 26.3 Å². The number of aliphatic carboxylic acids is 1. The topological polar surface area (TPSA) is 87.7 Å². The quantitative estimate of drug-likeness (QED) is 0.750. The first kappa shape index (κ1) is 17.0. The molecule has 0 aliphatic carbocycles. The predicted molar refractivity (Wildman–Crippen MR) is 80.6 cm³/mol. The maximum absolute atomic E-state index is 11.7. The van der Waals surface area contributed by atoms with Gasteiger partial charge >= 0.3 is 12.0 Å². The number of carbonyl (C=O) groups is 2. The zero-order valence-corrected chi connectivity index (χ0v) is 12.8. The number of anilines is 1. The third-order valence-electron chi connectivity index (χ3n) is 3.35. The van der Waals surface area contributed by atoms with Crippen molar-refractivity contribution in [2.45, 2.75) is 32.3 Å². The van der Waals surface area contributed by atoms with Crippen LogP contribution in [-0.2, 0) is 14.9 Å². The maximum atomic E-state index is 11.7. The lowest BCUT2D eigenvalue weighted by Gasteiger charge is -2.20. The molecule has 1 aromatic carbocycles. The van der Waals surface area contributed by atoms with E-state index in [4.69, 9.17) is 9.84 Å². The minimum atomic E-state index is -0.964. The van der Waals surface area contributed by atoms with Crippen molar-refractivity contribution in [3.8, 4) is 0 Å². The van der Waals surface area contributed by atoms with Gasteiger partial charge in [-0.05, 0) is 38.5 Å². The Bertz CT molecular complexity index is 497. The number of carboxylic acid groups (broad SMARTS) is 1. The lowest BCUT2D eigenvalue weighted by Crippen LogP contribution is -2.34. The Morgan fingerprint density at radius 1 is 1.29 bits per heavy atom. The van der Waals surface area contributed by atoms with Crippen molar-refractivity contribution >= 4 is 17.7 Å². The molecule has 21 heavy (non-hydrogen) atoms. The monoisotopic (exact) mass is 294 g/mol. The molecule has 6 nitrogen and oxygen atoms in total. The van der Waals surface area contributed by atoms with Crippen molar-refractivity contribution in [2.24, 2.45) is 0 Å². The van der Waals surface area contributed by atoms with Crippen molar-refractivity contribution in [1.82, 2.24) is 5.32 Å². The smallest absolute Gasteiger partial charge is 0.319 e. The molecule has 3 N–H and O–H groups in total. The highest BCUT2D eigenvalue weighted by Crippen LogP contribution is 2.24. The average Bonchev–Trinajstić information content (AvgIpc) is 2.45. The van der Waals surface area contributed by atoms with Crippen LogP contribution in [0.15, 0.2) is 24.3 Å². The van der Waals surface area contributed by atoms with E-state index in [1.165, 1.54) is 0 Å². The molecule has 1 aromatic rings. The number of amides is 2. The highest BCUT2D eigenvalue weighted by Gasteiger charge is 2.29. The first-order chi connectivity index (χ1) is 9.77. The molecule has 1 unspecified atom stereocenters. The van der Waals surface area contributed by atoms with Gasteiger partial charge in [-0.2, -0.15) is 0 Å². The van der Waals surface area contributed by atoms with E-state index in [1.807, 2.05) is 6.92 Å². The first-order valence-electron chi connectivity index (χ1n) is 6.69. The van der Waals surface area contributed by atoms with E-state index in [1.54, 1.807) is 45.2 Å². The minimum absolute atomic E-state index is 0.0607. The summed E-state index contributed by atoms with van der Waals surface area (Å²) in [5, 5.41) is 14.5. The van der Waals surface area contributed by atoms with E-state index >= 15 is 0 Å². The molecule has 0 saturated carbocycles. The second-order valence-electron chi connectivity index (χ2n) is 5.39. The van der Waals surface area contributed by atoms with Crippen LogP contribution in [0.4, 0.5) is 10.5 Å². The molecule has 0 heterocycles. The van der Waals surface area contributed by atoms with Crippen LogP contribution in [-0.4, -0.2) is 36.9 Å². The van der Waals surface area contributed by atoms with E-state index in [-0.39, 0.29) is 12.1 Å². The summed E-state index contributed by atoms with van der Waals surface area (Å²) in [6.07, 6.45) is -0.0607.